The van der Waals surface area contributed by atoms with Gasteiger partial charge in [-0.15, -0.1) is 0 Å². The van der Waals surface area contributed by atoms with Crippen LogP contribution in [0.4, 0.5) is 4.39 Å². The first-order valence-corrected chi connectivity index (χ1v) is 5.18. The van der Waals surface area contributed by atoms with E-state index >= 15 is 0 Å². The van der Waals surface area contributed by atoms with Crippen molar-refractivity contribution < 1.29 is 13.2 Å². The largest absolute Gasteiger partial charge is 0.306 e. The van der Waals surface area contributed by atoms with E-state index in [1.54, 1.807) is 0 Å². The SMILES string of the molecule is O=S(O)Cc1ccc(F)cc1Br. The first-order chi connectivity index (χ1) is 5.59. The van der Waals surface area contributed by atoms with Crippen LogP contribution in [0.25, 0.3) is 0 Å². The standard InChI is InChI=1S/C7H6BrFO2S/c8-7-3-6(9)2-1-5(7)4-12(10)11/h1-3H,4H2,(H,10,11). The van der Waals surface area contributed by atoms with Crippen molar-refractivity contribution in [3.05, 3.63) is 34.1 Å². The molecule has 0 aromatic heterocycles. The predicted octanol–water partition coefficient (Wildman–Crippen LogP) is 2.31. The average molecular weight is 253 g/mol. The van der Waals surface area contributed by atoms with E-state index in [-0.39, 0.29) is 11.6 Å². The van der Waals surface area contributed by atoms with Gasteiger partial charge >= 0.3 is 0 Å². The molecule has 0 heterocycles. The van der Waals surface area contributed by atoms with E-state index < -0.39 is 11.1 Å². The van der Waals surface area contributed by atoms with Crippen molar-refractivity contribution in [3.8, 4) is 0 Å². The lowest BCUT2D eigenvalue weighted by atomic mass is 10.2. The molecule has 0 saturated heterocycles. The highest BCUT2D eigenvalue weighted by atomic mass is 79.9. The molecule has 1 unspecified atom stereocenters. The van der Waals surface area contributed by atoms with Crippen LogP contribution in [0.15, 0.2) is 22.7 Å². The molecular formula is C7H6BrFO2S. The third kappa shape index (κ3) is 2.66. The van der Waals surface area contributed by atoms with Gasteiger partial charge in [0, 0.05) is 4.47 Å². The van der Waals surface area contributed by atoms with Gasteiger partial charge in [-0.1, -0.05) is 22.0 Å². The summed E-state index contributed by atoms with van der Waals surface area (Å²) in [5.74, 6) is -0.352. The van der Waals surface area contributed by atoms with Crippen LogP contribution in [0.3, 0.4) is 0 Å². The fourth-order valence-corrected chi connectivity index (χ4v) is 1.97. The van der Waals surface area contributed by atoms with E-state index in [0.717, 1.165) is 0 Å². The van der Waals surface area contributed by atoms with Crippen LogP contribution in [0, 0.1) is 5.82 Å². The maximum atomic E-state index is 12.5. The molecule has 1 aromatic rings. The van der Waals surface area contributed by atoms with Crippen molar-refractivity contribution in [1.29, 1.82) is 0 Å². The molecule has 0 aliphatic carbocycles. The van der Waals surface area contributed by atoms with Gasteiger partial charge in [0.2, 0.25) is 0 Å². The normalized spacial score (nSPS) is 12.9. The minimum Gasteiger partial charge on any atom is -0.306 e. The lowest BCUT2D eigenvalue weighted by Gasteiger charge is -2.00. The maximum absolute atomic E-state index is 12.5. The smallest absolute Gasteiger partial charge is 0.157 e. The maximum Gasteiger partial charge on any atom is 0.157 e. The lowest BCUT2D eigenvalue weighted by Crippen LogP contribution is -1.94. The van der Waals surface area contributed by atoms with E-state index in [9.17, 15) is 8.60 Å². The predicted molar refractivity (Wildman–Crippen MR) is 48.6 cm³/mol. The molecule has 0 aliphatic heterocycles. The Hall–Kier alpha value is -0.260. The van der Waals surface area contributed by atoms with E-state index in [0.29, 0.717) is 10.0 Å². The second-order valence-corrected chi connectivity index (χ2v) is 3.99. The van der Waals surface area contributed by atoms with Crippen molar-refractivity contribution in [3.63, 3.8) is 0 Å². The molecule has 0 radical (unpaired) electrons. The highest BCUT2D eigenvalue weighted by Crippen LogP contribution is 2.18. The molecule has 0 fully saturated rings. The average Bonchev–Trinajstić information content (AvgIpc) is 1.94. The lowest BCUT2D eigenvalue weighted by molar-refractivity contribution is 0.563. The van der Waals surface area contributed by atoms with Crippen LogP contribution < -0.4 is 0 Å². The van der Waals surface area contributed by atoms with Gasteiger partial charge in [-0.05, 0) is 17.7 Å². The van der Waals surface area contributed by atoms with E-state index in [1.165, 1.54) is 18.2 Å². The van der Waals surface area contributed by atoms with Crippen molar-refractivity contribution >= 4 is 27.0 Å². The van der Waals surface area contributed by atoms with Crippen LogP contribution in [0.1, 0.15) is 5.56 Å². The molecule has 1 N–H and O–H groups in total. The molecule has 0 amide bonds. The van der Waals surface area contributed by atoms with Gasteiger partial charge < -0.3 is 4.55 Å². The molecular weight excluding hydrogens is 247 g/mol. The summed E-state index contributed by atoms with van der Waals surface area (Å²) in [6.45, 7) is 0. The molecule has 0 bridgehead atoms. The minimum atomic E-state index is -1.89. The van der Waals surface area contributed by atoms with Crippen molar-refractivity contribution in [2.24, 2.45) is 0 Å². The van der Waals surface area contributed by atoms with Crippen molar-refractivity contribution in [1.82, 2.24) is 0 Å². The highest BCUT2D eigenvalue weighted by Gasteiger charge is 2.03. The summed E-state index contributed by atoms with van der Waals surface area (Å²) >= 11 is 1.20. The fourth-order valence-electron chi connectivity index (χ4n) is 0.772. The summed E-state index contributed by atoms with van der Waals surface area (Å²) in [6.07, 6.45) is 0. The topological polar surface area (TPSA) is 37.3 Å². The van der Waals surface area contributed by atoms with Gasteiger partial charge in [0.25, 0.3) is 0 Å². The third-order valence-corrected chi connectivity index (χ3v) is 2.59. The van der Waals surface area contributed by atoms with Crippen molar-refractivity contribution in [2.45, 2.75) is 5.75 Å². The molecule has 1 aromatic carbocycles. The number of hydrogen-bond acceptors (Lipinski definition) is 1. The monoisotopic (exact) mass is 252 g/mol. The Labute approximate surface area is 80.2 Å². The Morgan fingerprint density at radius 3 is 2.75 bits per heavy atom. The Bertz CT molecular complexity index is 316. The second kappa shape index (κ2) is 4.11. The zero-order chi connectivity index (χ0) is 9.14. The molecule has 1 rings (SSSR count). The van der Waals surface area contributed by atoms with Crippen LogP contribution >= 0.6 is 15.9 Å². The molecule has 0 aliphatic rings. The molecule has 12 heavy (non-hydrogen) atoms. The number of hydrogen-bond donors (Lipinski definition) is 1. The molecule has 2 nitrogen and oxygen atoms in total. The first-order valence-electron chi connectivity index (χ1n) is 3.11. The summed E-state index contributed by atoms with van der Waals surface area (Å²) in [6, 6.07) is 4.00. The van der Waals surface area contributed by atoms with Gasteiger partial charge in [0.15, 0.2) is 11.1 Å². The van der Waals surface area contributed by atoms with Crippen LogP contribution in [0.2, 0.25) is 0 Å². The summed E-state index contributed by atoms with van der Waals surface area (Å²) < 4.78 is 32.0. The molecule has 66 valence electrons. The molecule has 0 saturated carbocycles. The van der Waals surface area contributed by atoms with Crippen molar-refractivity contribution in [2.75, 3.05) is 0 Å². The van der Waals surface area contributed by atoms with E-state index in [1.807, 2.05) is 0 Å². The second-order valence-electron chi connectivity index (χ2n) is 2.20. The first kappa shape index (κ1) is 9.83. The van der Waals surface area contributed by atoms with E-state index in [4.69, 9.17) is 4.55 Å². The van der Waals surface area contributed by atoms with Crippen LogP contribution in [-0.4, -0.2) is 8.76 Å². The Balaban J connectivity index is 2.93. The van der Waals surface area contributed by atoms with Gasteiger partial charge in [0.1, 0.15) is 5.82 Å². The Morgan fingerprint density at radius 1 is 1.58 bits per heavy atom. The summed E-state index contributed by atoms with van der Waals surface area (Å²) in [5.41, 5.74) is 0.622. The summed E-state index contributed by atoms with van der Waals surface area (Å²) in [7, 11) is 0. The highest BCUT2D eigenvalue weighted by molar-refractivity contribution is 9.10. The van der Waals surface area contributed by atoms with E-state index in [2.05, 4.69) is 15.9 Å². The zero-order valence-corrected chi connectivity index (χ0v) is 8.36. The number of rotatable bonds is 2. The van der Waals surface area contributed by atoms with Crippen LogP contribution in [-0.2, 0) is 16.8 Å². The fraction of sp³-hybridized carbons (Fsp3) is 0.143. The number of halogens is 2. The zero-order valence-electron chi connectivity index (χ0n) is 5.96. The van der Waals surface area contributed by atoms with Gasteiger partial charge in [-0.25, -0.2) is 8.60 Å². The minimum absolute atomic E-state index is 0.0147. The Morgan fingerprint density at radius 2 is 2.25 bits per heavy atom. The van der Waals surface area contributed by atoms with Gasteiger partial charge in [0.05, 0.1) is 5.75 Å². The molecule has 5 heteroatoms. The number of benzene rings is 1. The summed E-state index contributed by atoms with van der Waals surface area (Å²) in [5, 5.41) is 0. The molecule has 1 atom stereocenters. The van der Waals surface area contributed by atoms with Gasteiger partial charge in [-0.2, -0.15) is 0 Å². The van der Waals surface area contributed by atoms with Gasteiger partial charge in [-0.3, -0.25) is 0 Å². The molecule has 0 spiro atoms. The quantitative estimate of drug-likeness (QED) is 0.821. The van der Waals surface area contributed by atoms with Crippen LogP contribution in [0.5, 0.6) is 0 Å². The Kier molecular flexibility index (Phi) is 3.37. The third-order valence-electron chi connectivity index (χ3n) is 1.29. The summed E-state index contributed by atoms with van der Waals surface area (Å²) in [4.78, 5) is 0.